The SMILES string of the molecule is CC(C)OC(=O)Nc1ccc(C2C(N)c3ccc(OC4CCOCC4)cc3N2CC2CC2)cc1. The third kappa shape index (κ3) is 5.15. The van der Waals surface area contributed by atoms with Crippen LogP contribution in [0.3, 0.4) is 0 Å². The van der Waals surface area contributed by atoms with E-state index in [0.29, 0.717) is 11.6 Å². The van der Waals surface area contributed by atoms with Gasteiger partial charge in [0.25, 0.3) is 0 Å². The summed E-state index contributed by atoms with van der Waals surface area (Å²) >= 11 is 0. The van der Waals surface area contributed by atoms with Crippen LogP contribution in [-0.2, 0) is 9.47 Å². The lowest BCUT2D eigenvalue weighted by Crippen LogP contribution is -2.31. The van der Waals surface area contributed by atoms with Gasteiger partial charge in [-0.3, -0.25) is 5.32 Å². The van der Waals surface area contributed by atoms with E-state index in [0.717, 1.165) is 49.5 Å². The molecule has 2 heterocycles. The molecule has 2 aliphatic heterocycles. The monoisotopic (exact) mass is 465 g/mol. The fraction of sp³-hybridized carbons (Fsp3) is 0.519. The van der Waals surface area contributed by atoms with Gasteiger partial charge in [0.1, 0.15) is 11.9 Å². The Morgan fingerprint density at radius 2 is 1.85 bits per heavy atom. The maximum Gasteiger partial charge on any atom is 0.411 e. The van der Waals surface area contributed by atoms with Gasteiger partial charge in [0.05, 0.1) is 31.4 Å². The number of nitrogens with zero attached hydrogens (tertiary/aromatic N) is 1. The average Bonchev–Trinajstić information content (AvgIpc) is 3.59. The first-order chi connectivity index (χ1) is 16.5. The second-order valence-electron chi connectivity index (χ2n) is 9.92. The summed E-state index contributed by atoms with van der Waals surface area (Å²) in [5.74, 6) is 1.62. The molecule has 0 bridgehead atoms. The van der Waals surface area contributed by atoms with Gasteiger partial charge in [-0.05, 0) is 61.9 Å². The van der Waals surface area contributed by atoms with Gasteiger partial charge in [-0.25, -0.2) is 4.79 Å². The van der Waals surface area contributed by atoms with Crippen molar-refractivity contribution in [2.75, 3.05) is 30.0 Å². The van der Waals surface area contributed by atoms with Crippen molar-refractivity contribution < 1.29 is 19.0 Å². The Balaban J connectivity index is 1.36. The third-order valence-corrected chi connectivity index (χ3v) is 6.81. The molecule has 0 radical (unpaired) electrons. The topological polar surface area (TPSA) is 86.0 Å². The van der Waals surface area contributed by atoms with Gasteiger partial charge in [0.15, 0.2) is 0 Å². The Kier molecular flexibility index (Phi) is 6.66. The van der Waals surface area contributed by atoms with Crippen LogP contribution in [0.4, 0.5) is 16.2 Å². The number of carbonyl (C=O) groups is 1. The molecule has 7 heteroatoms. The Morgan fingerprint density at radius 1 is 1.12 bits per heavy atom. The van der Waals surface area contributed by atoms with Gasteiger partial charge < -0.3 is 24.8 Å². The fourth-order valence-corrected chi connectivity index (χ4v) is 4.93. The van der Waals surface area contributed by atoms with E-state index >= 15 is 0 Å². The molecule has 2 atom stereocenters. The molecule has 0 spiro atoms. The third-order valence-electron chi connectivity index (χ3n) is 6.81. The standard InChI is InChI=1S/C27H35N3O4/c1-17(2)33-27(31)29-20-7-5-19(6-8-20)26-25(28)23-10-9-22(34-21-11-13-32-14-12-21)15-24(23)30(26)16-18-3-4-18/h5-10,15,17-18,21,25-26H,3-4,11-14,16,28H2,1-2H3,(H,29,31). The van der Waals surface area contributed by atoms with Gasteiger partial charge in [-0.15, -0.1) is 0 Å². The van der Waals surface area contributed by atoms with Crippen molar-refractivity contribution in [3.8, 4) is 5.75 Å². The molecule has 7 nitrogen and oxygen atoms in total. The first-order valence-electron chi connectivity index (χ1n) is 12.5. The quantitative estimate of drug-likeness (QED) is 0.587. The van der Waals surface area contributed by atoms with Gasteiger partial charge >= 0.3 is 6.09 Å². The molecule has 1 saturated carbocycles. The van der Waals surface area contributed by atoms with E-state index in [1.54, 1.807) is 0 Å². The molecule has 5 rings (SSSR count). The molecule has 1 aliphatic carbocycles. The molecule has 2 aromatic carbocycles. The Morgan fingerprint density at radius 3 is 2.53 bits per heavy atom. The zero-order valence-electron chi connectivity index (χ0n) is 20.0. The first kappa shape index (κ1) is 23.0. The molecule has 2 aromatic rings. The predicted octanol–water partition coefficient (Wildman–Crippen LogP) is 5.17. The van der Waals surface area contributed by atoms with E-state index in [1.807, 2.05) is 26.0 Å². The van der Waals surface area contributed by atoms with Crippen LogP contribution in [0.2, 0.25) is 0 Å². The summed E-state index contributed by atoms with van der Waals surface area (Å²) < 4.78 is 17.0. The largest absolute Gasteiger partial charge is 0.490 e. The smallest absolute Gasteiger partial charge is 0.411 e. The number of nitrogens with one attached hydrogen (secondary N) is 1. The van der Waals surface area contributed by atoms with Gasteiger partial charge in [0, 0.05) is 36.8 Å². The zero-order chi connectivity index (χ0) is 23.7. The van der Waals surface area contributed by atoms with Crippen molar-refractivity contribution in [3.63, 3.8) is 0 Å². The Hall–Kier alpha value is -2.77. The van der Waals surface area contributed by atoms with Crippen LogP contribution >= 0.6 is 0 Å². The van der Waals surface area contributed by atoms with Crippen molar-refractivity contribution >= 4 is 17.5 Å². The number of carbonyl (C=O) groups excluding carboxylic acids is 1. The number of amides is 1. The van der Waals surface area contributed by atoms with Crippen LogP contribution in [0, 0.1) is 5.92 Å². The summed E-state index contributed by atoms with van der Waals surface area (Å²) in [5.41, 5.74) is 11.0. The molecule has 182 valence electrons. The number of nitrogens with two attached hydrogens (primary N) is 1. The lowest BCUT2D eigenvalue weighted by molar-refractivity contribution is 0.0256. The van der Waals surface area contributed by atoms with E-state index in [2.05, 4.69) is 40.5 Å². The van der Waals surface area contributed by atoms with Crippen molar-refractivity contribution in [3.05, 3.63) is 53.6 Å². The number of fused-ring (bicyclic) bond motifs is 1. The van der Waals surface area contributed by atoms with Gasteiger partial charge in [-0.1, -0.05) is 18.2 Å². The van der Waals surface area contributed by atoms with Crippen LogP contribution in [0.5, 0.6) is 5.75 Å². The van der Waals surface area contributed by atoms with Crippen LogP contribution < -0.4 is 20.7 Å². The maximum absolute atomic E-state index is 11.9. The second kappa shape index (κ2) is 9.84. The Labute approximate surface area is 201 Å². The lowest BCUT2D eigenvalue weighted by atomic mass is 9.97. The van der Waals surface area contributed by atoms with Crippen molar-refractivity contribution in [2.45, 2.75) is 63.8 Å². The maximum atomic E-state index is 11.9. The molecule has 1 saturated heterocycles. The summed E-state index contributed by atoms with van der Waals surface area (Å²) in [6.07, 6.45) is 3.99. The van der Waals surface area contributed by atoms with Crippen molar-refractivity contribution in [1.82, 2.24) is 0 Å². The van der Waals surface area contributed by atoms with E-state index in [-0.39, 0.29) is 24.3 Å². The number of hydrogen-bond donors (Lipinski definition) is 2. The van der Waals surface area contributed by atoms with E-state index in [9.17, 15) is 4.79 Å². The van der Waals surface area contributed by atoms with Crippen molar-refractivity contribution in [1.29, 1.82) is 0 Å². The van der Waals surface area contributed by atoms with E-state index in [4.69, 9.17) is 19.9 Å². The van der Waals surface area contributed by atoms with Crippen LogP contribution in [-0.4, -0.2) is 38.1 Å². The summed E-state index contributed by atoms with van der Waals surface area (Å²) in [4.78, 5) is 14.4. The number of ether oxygens (including phenoxy) is 3. The molecule has 0 aromatic heterocycles. The predicted molar refractivity (Wildman–Crippen MR) is 132 cm³/mol. The molecule has 3 N–H and O–H groups in total. The first-order valence-corrected chi connectivity index (χ1v) is 12.5. The van der Waals surface area contributed by atoms with Crippen LogP contribution in [0.25, 0.3) is 0 Å². The van der Waals surface area contributed by atoms with E-state index in [1.165, 1.54) is 18.5 Å². The number of anilines is 2. The summed E-state index contributed by atoms with van der Waals surface area (Å²) in [6.45, 7) is 6.17. The highest BCUT2D eigenvalue weighted by Crippen LogP contribution is 2.49. The molecule has 2 fully saturated rings. The minimum absolute atomic E-state index is 0.0468. The lowest BCUT2D eigenvalue weighted by Gasteiger charge is -2.30. The average molecular weight is 466 g/mol. The highest BCUT2D eigenvalue weighted by Gasteiger charge is 2.40. The number of rotatable bonds is 7. The molecular formula is C27H35N3O4. The number of hydrogen-bond acceptors (Lipinski definition) is 6. The summed E-state index contributed by atoms with van der Waals surface area (Å²) in [6, 6.07) is 14.2. The highest BCUT2D eigenvalue weighted by molar-refractivity contribution is 5.84. The minimum atomic E-state index is -0.444. The Bertz CT molecular complexity index is 999. The summed E-state index contributed by atoms with van der Waals surface area (Å²) in [5, 5.41) is 2.79. The fourth-order valence-electron chi connectivity index (χ4n) is 4.93. The second-order valence-corrected chi connectivity index (χ2v) is 9.92. The normalized spacial score (nSPS) is 22.5. The molecular weight excluding hydrogens is 430 g/mol. The highest BCUT2D eigenvalue weighted by atomic mass is 16.6. The molecule has 2 unspecified atom stereocenters. The summed E-state index contributed by atoms with van der Waals surface area (Å²) in [7, 11) is 0. The van der Waals surface area contributed by atoms with Crippen LogP contribution in [0.1, 0.15) is 62.7 Å². The van der Waals surface area contributed by atoms with Gasteiger partial charge in [-0.2, -0.15) is 0 Å². The van der Waals surface area contributed by atoms with Gasteiger partial charge in [0.2, 0.25) is 0 Å². The molecule has 1 amide bonds. The molecule has 34 heavy (non-hydrogen) atoms. The number of benzene rings is 2. The zero-order valence-corrected chi connectivity index (χ0v) is 20.0. The van der Waals surface area contributed by atoms with Crippen LogP contribution in [0.15, 0.2) is 42.5 Å². The molecule has 3 aliphatic rings. The van der Waals surface area contributed by atoms with Crippen molar-refractivity contribution in [2.24, 2.45) is 11.7 Å². The van der Waals surface area contributed by atoms with E-state index < -0.39 is 6.09 Å². The minimum Gasteiger partial charge on any atom is -0.490 e.